The molecule has 8 nitrogen and oxygen atoms in total. The number of rotatable bonds is 4. The van der Waals surface area contributed by atoms with Gasteiger partial charge in [-0.3, -0.25) is 9.48 Å². The van der Waals surface area contributed by atoms with E-state index in [4.69, 9.17) is 0 Å². The van der Waals surface area contributed by atoms with Gasteiger partial charge in [-0.1, -0.05) is 11.8 Å². The van der Waals surface area contributed by atoms with Crippen molar-refractivity contribution in [2.45, 2.75) is 29.5 Å². The Morgan fingerprint density at radius 2 is 2.22 bits per heavy atom. The van der Waals surface area contributed by atoms with Crippen molar-refractivity contribution in [3.63, 3.8) is 0 Å². The standard InChI is InChI=1S/C11H12F3N7OS/c1-19-5-7(4-15-19)20-3-2-8(9(20)22)23-10-16-17-18-21(10)6-11(12,13)14/h4-5,8H,2-3,6H2,1H3/t8-/m1/s1. The molecule has 0 unspecified atom stereocenters. The highest BCUT2D eigenvalue weighted by Crippen LogP contribution is 2.32. The maximum atomic E-state index is 12.5. The molecule has 1 aliphatic heterocycles. The largest absolute Gasteiger partial charge is 0.408 e. The highest BCUT2D eigenvalue weighted by Gasteiger charge is 2.36. The third-order valence-electron chi connectivity index (χ3n) is 3.24. The highest BCUT2D eigenvalue weighted by atomic mass is 32.2. The van der Waals surface area contributed by atoms with Crippen LogP contribution in [-0.4, -0.2) is 53.9 Å². The molecule has 3 rings (SSSR count). The zero-order chi connectivity index (χ0) is 16.6. The maximum Gasteiger partial charge on any atom is 0.408 e. The van der Waals surface area contributed by atoms with Crippen molar-refractivity contribution in [2.24, 2.45) is 7.05 Å². The van der Waals surface area contributed by atoms with Gasteiger partial charge < -0.3 is 4.90 Å². The molecule has 23 heavy (non-hydrogen) atoms. The Balaban J connectivity index is 1.70. The summed E-state index contributed by atoms with van der Waals surface area (Å²) in [6.07, 6.45) is -0.652. The second-order valence-electron chi connectivity index (χ2n) is 4.99. The van der Waals surface area contributed by atoms with Crippen LogP contribution in [0.15, 0.2) is 17.6 Å². The number of aromatic nitrogens is 6. The summed E-state index contributed by atoms with van der Waals surface area (Å²) in [5.74, 6) is -0.190. The zero-order valence-electron chi connectivity index (χ0n) is 11.9. The van der Waals surface area contributed by atoms with Crippen LogP contribution in [0.2, 0.25) is 0 Å². The van der Waals surface area contributed by atoms with Gasteiger partial charge in [0.25, 0.3) is 0 Å². The van der Waals surface area contributed by atoms with Gasteiger partial charge in [-0.25, -0.2) is 4.68 Å². The van der Waals surface area contributed by atoms with Crippen LogP contribution in [0.25, 0.3) is 0 Å². The van der Waals surface area contributed by atoms with Crippen LogP contribution < -0.4 is 4.90 Å². The Kier molecular flexibility index (Phi) is 4.00. The summed E-state index contributed by atoms with van der Waals surface area (Å²) >= 11 is 0.947. The fourth-order valence-electron chi connectivity index (χ4n) is 2.24. The number of amides is 1. The number of alkyl halides is 3. The lowest BCUT2D eigenvalue weighted by atomic mass is 10.4. The van der Waals surface area contributed by atoms with Crippen molar-refractivity contribution in [1.29, 1.82) is 0 Å². The van der Waals surface area contributed by atoms with Gasteiger partial charge >= 0.3 is 6.18 Å². The SMILES string of the molecule is Cn1cc(N2CC[C@@H](Sc3nnnn3CC(F)(F)F)C2=O)cn1. The molecule has 0 saturated carbocycles. The zero-order valence-corrected chi connectivity index (χ0v) is 12.8. The Labute approximate surface area is 132 Å². The minimum atomic E-state index is -4.42. The van der Waals surface area contributed by atoms with Crippen molar-refractivity contribution >= 4 is 23.4 Å². The first-order chi connectivity index (χ1) is 10.8. The fourth-order valence-corrected chi connectivity index (χ4v) is 3.26. The normalized spacial score (nSPS) is 18.9. The minimum Gasteiger partial charge on any atom is -0.308 e. The summed E-state index contributed by atoms with van der Waals surface area (Å²) in [5.41, 5.74) is 0.662. The number of halogens is 3. The molecule has 3 heterocycles. The number of hydrogen-bond acceptors (Lipinski definition) is 6. The van der Waals surface area contributed by atoms with Gasteiger partial charge in [0.05, 0.1) is 17.1 Å². The topological polar surface area (TPSA) is 81.7 Å². The minimum absolute atomic E-state index is 0.0197. The average Bonchev–Trinajstić information content (AvgIpc) is 3.13. The third-order valence-corrected chi connectivity index (χ3v) is 4.46. The van der Waals surface area contributed by atoms with Crippen LogP contribution in [-0.2, 0) is 18.4 Å². The Morgan fingerprint density at radius 1 is 1.43 bits per heavy atom. The molecular formula is C11H12F3N7OS. The Hall–Kier alpha value is -2.11. The summed E-state index contributed by atoms with van der Waals surface area (Å²) in [5, 5.41) is 13.6. The quantitative estimate of drug-likeness (QED) is 0.816. The molecule has 2 aromatic heterocycles. The van der Waals surface area contributed by atoms with Crippen molar-refractivity contribution in [2.75, 3.05) is 11.4 Å². The summed E-state index contributed by atoms with van der Waals surface area (Å²) < 4.78 is 39.6. The highest BCUT2D eigenvalue weighted by molar-refractivity contribution is 8.00. The van der Waals surface area contributed by atoms with Gasteiger partial charge in [-0.15, -0.1) is 5.10 Å². The monoisotopic (exact) mass is 347 g/mol. The first kappa shape index (κ1) is 15.8. The number of anilines is 1. The lowest BCUT2D eigenvalue weighted by Gasteiger charge is -2.14. The summed E-state index contributed by atoms with van der Waals surface area (Å²) in [6, 6.07) is 0. The van der Waals surface area contributed by atoms with Gasteiger partial charge in [0.2, 0.25) is 11.1 Å². The lowest BCUT2D eigenvalue weighted by molar-refractivity contribution is -0.144. The molecule has 0 N–H and O–H groups in total. The van der Waals surface area contributed by atoms with E-state index in [-0.39, 0.29) is 11.1 Å². The van der Waals surface area contributed by atoms with E-state index in [0.717, 1.165) is 11.8 Å². The van der Waals surface area contributed by atoms with E-state index in [0.29, 0.717) is 23.3 Å². The lowest BCUT2D eigenvalue weighted by Crippen LogP contribution is -2.28. The van der Waals surface area contributed by atoms with Crippen molar-refractivity contribution in [3.8, 4) is 0 Å². The van der Waals surface area contributed by atoms with E-state index < -0.39 is 18.0 Å². The second-order valence-corrected chi connectivity index (χ2v) is 6.16. The number of aryl methyl sites for hydroxylation is 1. The van der Waals surface area contributed by atoms with Crippen LogP contribution in [0.3, 0.4) is 0 Å². The van der Waals surface area contributed by atoms with Gasteiger partial charge in [0, 0.05) is 19.8 Å². The van der Waals surface area contributed by atoms with Gasteiger partial charge in [0.15, 0.2) is 0 Å². The first-order valence-electron chi connectivity index (χ1n) is 6.63. The molecule has 1 atom stereocenters. The summed E-state index contributed by atoms with van der Waals surface area (Å²) in [6.45, 7) is -0.807. The number of hydrogen-bond donors (Lipinski definition) is 0. The van der Waals surface area contributed by atoms with Gasteiger partial charge in [-0.2, -0.15) is 18.3 Å². The van der Waals surface area contributed by atoms with E-state index in [9.17, 15) is 18.0 Å². The molecule has 1 amide bonds. The molecule has 0 radical (unpaired) electrons. The predicted octanol–water partition coefficient (Wildman–Crippen LogP) is 0.866. The number of tetrazole rings is 1. The molecule has 12 heteroatoms. The smallest absolute Gasteiger partial charge is 0.308 e. The summed E-state index contributed by atoms with van der Waals surface area (Å²) in [4.78, 5) is 14.0. The van der Waals surface area contributed by atoms with E-state index in [2.05, 4.69) is 20.6 Å². The first-order valence-corrected chi connectivity index (χ1v) is 7.51. The predicted molar refractivity (Wildman–Crippen MR) is 73.7 cm³/mol. The second kappa shape index (κ2) is 5.83. The molecule has 0 bridgehead atoms. The molecule has 2 aromatic rings. The third kappa shape index (κ3) is 3.46. The molecule has 1 saturated heterocycles. The molecule has 0 spiro atoms. The van der Waals surface area contributed by atoms with Crippen LogP contribution in [0, 0.1) is 0 Å². The van der Waals surface area contributed by atoms with E-state index in [1.54, 1.807) is 29.0 Å². The maximum absolute atomic E-state index is 12.5. The van der Waals surface area contributed by atoms with E-state index >= 15 is 0 Å². The van der Waals surface area contributed by atoms with Crippen LogP contribution >= 0.6 is 11.8 Å². The average molecular weight is 347 g/mol. The molecule has 0 aromatic carbocycles. The van der Waals surface area contributed by atoms with Crippen LogP contribution in [0.5, 0.6) is 0 Å². The van der Waals surface area contributed by atoms with Crippen molar-refractivity contribution < 1.29 is 18.0 Å². The van der Waals surface area contributed by atoms with Crippen molar-refractivity contribution in [1.82, 2.24) is 30.0 Å². The van der Waals surface area contributed by atoms with Crippen LogP contribution in [0.1, 0.15) is 6.42 Å². The van der Waals surface area contributed by atoms with Crippen LogP contribution in [0.4, 0.5) is 18.9 Å². The molecule has 0 aliphatic carbocycles. The molecule has 1 fully saturated rings. The Bertz CT molecular complexity index is 713. The number of nitrogens with zero attached hydrogens (tertiary/aromatic N) is 7. The van der Waals surface area contributed by atoms with Gasteiger partial charge in [-0.05, 0) is 16.8 Å². The molecule has 124 valence electrons. The molecule has 1 aliphatic rings. The molecular weight excluding hydrogens is 335 g/mol. The Morgan fingerprint density at radius 3 is 2.87 bits per heavy atom. The summed E-state index contributed by atoms with van der Waals surface area (Å²) in [7, 11) is 1.74. The van der Waals surface area contributed by atoms with E-state index in [1.165, 1.54) is 0 Å². The van der Waals surface area contributed by atoms with Crippen molar-refractivity contribution in [3.05, 3.63) is 12.4 Å². The number of carbonyl (C=O) groups is 1. The number of thioether (sulfide) groups is 1. The van der Waals surface area contributed by atoms with E-state index in [1.807, 2.05) is 0 Å². The number of carbonyl (C=O) groups excluding carboxylic acids is 1. The fraction of sp³-hybridized carbons (Fsp3) is 0.545. The van der Waals surface area contributed by atoms with Gasteiger partial charge in [0.1, 0.15) is 6.54 Å².